The topological polar surface area (TPSA) is 32.8 Å². The lowest BCUT2D eigenvalue weighted by molar-refractivity contribution is -0.125. The molecule has 0 aromatic heterocycles. The van der Waals surface area contributed by atoms with Crippen molar-refractivity contribution in [2.24, 2.45) is 0 Å². The highest BCUT2D eigenvalue weighted by atomic mass is 19.1. The van der Waals surface area contributed by atoms with Gasteiger partial charge in [-0.2, -0.15) is 0 Å². The monoisotopic (exact) mass is 346 g/mol. The molecule has 25 heavy (non-hydrogen) atoms. The van der Waals surface area contributed by atoms with Crippen molar-refractivity contribution < 1.29 is 18.3 Å². The van der Waals surface area contributed by atoms with Gasteiger partial charge < -0.3 is 9.64 Å². The number of nitrogens with zero attached hydrogens (tertiary/aromatic N) is 2. The summed E-state index contributed by atoms with van der Waals surface area (Å²) in [4.78, 5) is 16.1. The standard InChI is InChI=1S/C19H20F2N2O2/c1-13-19(24)23(18-8-5-15(20)11-17(18)21)10-9-22(13)12-14-3-6-16(25-2)7-4-14/h3-8,11,13H,9-10,12H2,1-2H3/t13-/m1/s1. The fourth-order valence-corrected chi connectivity index (χ4v) is 3.03. The molecule has 0 aliphatic carbocycles. The molecule has 1 aliphatic heterocycles. The van der Waals surface area contributed by atoms with E-state index in [0.29, 0.717) is 19.6 Å². The molecule has 2 aromatic rings. The van der Waals surface area contributed by atoms with Crippen molar-refractivity contribution in [3.63, 3.8) is 0 Å². The van der Waals surface area contributed by atoms with Crippen molar-refractivity contribution in [1.29, 1.82) is 0 Å². The van der Waals surface area contributed by atoms with Gasteiger partial charge in [0.15, 0.2) is 0 Å². The lowest BCUT2D eigenvalue weighted by Gasteiger charge is -2.39. The second kappa shape index (κ2) is 7.19. The van der Waals surface area contributed by atoms with E-state index in [1.807, 2.05) is 29.2 Å². The number of amides is 1. The van der Waals surface area contributed by atoms with Gasteiger partial charge in [-0.25, -0.2) is 8.78 Å². The van der Waals surface area contributed by atoms with Crippen LogP contribution in [0.15, 0.2) is 42.5 Å². The Bertz CT molecular complexity index is 765. The van der Waals surface area contributed by atoms with E-state index < -0.39 is 11.6 Å². The second-order valence-corrected chi connectivity index (χ2v) is 6.08. The minimum atomic E-state index is -0.718. The quantitative estimate of drug-likeness (QED) is 0.852. The molecule has 1 heterocycles. The highest BCUT2D eigenvalue weighted by Gasteiger charge is 2.33. The molecule has 1 saturated heterocycles. The summed E-state index contributed by atoms with van der Waals surface area (Å²) in [5, 5.41) is 0. The molecule has 4 nitrogen and oxygen atoms in total. The van der Waals surface area contributed by atoms with Crippen LogP contribution < -0.4 is 9.64 Å². The Kier molecular flexibility index (Phi) is 4.99. The van der Waals surface area contributed by atoms with Crippen LogP contribution in [0.2, 0.25) is 0 Å². The Labute approximate surface area is 145 Å². The van der Waals surface area contributed by atoms with Gasteiger partial charge in [-0.1, -0.05) is 12.1 Å². The van der Waals surface area contributed by atoms with Crippen LogP contribution in [0.5, 0.6) is 5.75 Å². The average molecular weight is 346 g/mol. The number of carbonyl (C=O) groups is 1. The summed E-state index contributed by atoms with van der Waals surface area (Å²) < 4.78 is 32.2. The summed E-state index contributed by atoms with van der Waals surface area (Å²) in [7, 11) is 1.61. The number of ether oxygens (including phenoxy) is 1. The highest BCUT2D eigenvalue weighted by Crippen LogP contribution is 2.25. The maximum absolute atomic E-state index is 14.0. The van der Waals surface area contributed by atoms with E-state index in [1.54, 1.807) is 14.0 Å². The van der Waals surface area contributed by atoms with E-state index in [9.17, 15) is 13.6 Å². The van der Waals surface area contributed by atoms with Gasteiger partial charge in [0.2, 0.25) is 5.91 Å². The molecule has 0 radical (unpaired) electrons. The maximum Gasteiger partial charge on any atom is 0.244 e. The van der Waals surface area contributed by atoms with Crippen LogP contribution in [0.3, 0.4) is 0 Å². The van der Waals surface area contributed by atoms with Gasteiger partial charge in [-0.15, -0.1) is 0 Å². The molecule has 3 rings (SSSR count). The molecular formula is C19H20F2N2O2. The van der Waals surface area contributed by atoms with Crippen LogP contribution in [-0.4, -0.2) is 37.0 Å². The Morgan fingerprint density at radius 1 is 1.12 bits per heavy atom. The second-order valence-electron chi connectivity index (χ2n) is 6.08. The third-order valence-electron chi connectivity index (χ3n) is 4.53. The molecule has 0 bridgehead atoms. The lowest BCUT2D eigenvalue weighted by Crippen LogP contribution is -2.55. The first-order valence-corrected chi connectivity index (χ1v) is 8.13. The largest absolute Gasteiger partial charge is 0.497 e. The minimum absolute atomic E-state index is 0.127. The number of anilines is 1. The van der Waals surface area contributed by atoms with E-state index in [1.165, 1.54) is 17.0 Å². The van der Waals surface area contributed by atoms with E-state index in [4.69, 9.17) is 4.74 Å². The third kappa shape index (κ3) is 3.64. The Hall–Kier alpha value is -2.47. The predicted molar refractivity (Wildman–Crippen MR) is 91.6 cm³/mol. The third-order valence-corrected chi connectivity index (χ3v) is 4.53. The predicted octanol–water partition coefficient (Wildman–Crippen LogP) is 3.21. The average Bonchev–Trinajstić information content (AvgIpc) is 2.61. The van der Waals surface area contributed by atoms with Crippen molar-refractivity contribution in [1.82, 2.24) is 4.90 Å². The zero-order chi connectivity index (χ0) is 18.0. The van der Waals surface area contributed by atoms with Gasteiger partial charge in [-0.3, -0.25) is 9.69 Å². The van der Waals surface area contributed by atoms with E-state index in [0.717, 1.165) is 17.4 Å². The zero-order valence-corrected chi connectivity index (χ0v) is 14.2. The van der Waals surface area contributed by atoms with Gasteiger partial charge in [-0.05, 0) is 36.8 Å². The molecule has 132 valence electrons. The van der Waals surface area contributed by atoms with Crippen LogP contribution in [0.25, 0.3) is 0 Å². The first-order valence-electron chi connectivity index (χ1n) is 8.13. The zero-order valence-electron chi connectivity index (χ0n) is 14.2. The van der Waals surface area contributed by atoms with Gasteiger partial charge in [0.1, 0.15) is 17.4 Å². The Balaban J connectivity index is 1.72. The van der Waals surface area contributed by atoms with Crippen molar-refractivity contribution in [2.45, 2.75) is 19.5 Å². The number of halogens is 2. The van der Waals surface area contributed by atoms with Crippen molar-refractivity contribution in [3.05, 3.63) is 59.7 Å². The SMILES string of the molecule is COc1ccc(CN2CCN(c3ccc(F)cc3F)C(=O)[C@H]2C)cc1. The molecule has 1 aliphatic rings. The molecule has 0 saturated carbocycles. The molecular weight excluding hydrogens is 326 g/mol. The molecule has 1 atom stereocenters. The summed E-state index contributed by atoms with van der Waals surface area (Å²) in [6.07, 6.45) is 0. The maximum atomic E-state index is 14.0. The van der Waals surface area contributed by atoms with Crippen molar-refractivity contribution in [3.8, 4) is 5.75 Å². The van der Waals surface area contributed by atoms with Crippen molar-refractivity contribution in [2.75, 3.05) is 25.1 Å². The molecule has 0 N–H and O–H groups in total. The Morgan fingerprint density at radius 3 is 2.48 bits per heavy atom. The number of benzene rings is 2. The highest BCUT2D eigenvalue weighted by molar-refractivity contribution is 5.97. The number of hydrogen-bond acceptors (Lipinski definition) is 3. The van der Waals surface area contributed by atoms with Crippen LogP contribution in [0, 0.1) is 11.6 Å². The molecule has 1 amide bonds. The summed E-state index contributed by atoms with van der Waals surface area (Å²) in [5.74, 6) is -0.779. The summed E-state index contributed by atoms with van der Waals surface area (Å²) in [6.45, 7) is 3.40. The van der Waals surface area contributed by atoms with Crippen LogP contribution >= 0.6 is 0 Å². The van der Waals surface area contributed by atoms with E-state index in [-0.39, 0.29) is 17.6 Å². The lowest BCUT2D eigenvalue weighted by atomic mass is 10.1. The smallest absolute Gasteiger partial charge is 0.244 e. The number of piperazine rings is 1. The van der Waals surface area contributed by atoms with Gasteiger partial charge in [0.05, 0.1) is 18.8 Å². The van der Waals surface area contributed by atoms with Crippen molar-refractivity contribution >= 4 is 11.6 Å². The summed E-state index contributed by atoms with van der Waals surface area (Å²) in [6, 6.07) is 10.6. The first-order chi connectivity index (χ1) is 12.0. The minimum Gasteiger partial charge on any atom is -0.497 e. The number of rotatable bonds is 4. The summed E-state index contributed by atoms with van der Waals surface area (Å²) >= 11 is 0. The molecule has 6 heteroatoms. The molecule has 0 unspecified atom stereocenters. The molecule has 0 spiro atoms. The van der Waals surface area contributed by atoms with Crippen LogP contribution in [0.1, 0.15) is 12.5 Å². The van der Waals surface area contributed by atoms with Gasteiger partial charge in [0, 0.05) is 25.7 Å². The molecule has 2 aromatic carbocycles. The van der Waals surface area contributed by atoms with E-state index in [2.05, 4.69) is 0 Å². The number of carbonyl (C=O) groups excluding carboxylic acids is 1. The first kappa shape index (κ1) is 17.4. The fraction of sp³-hybridized carbons (Fsp3) is 0.316. The Morgan fingerprint density at radius 2 is 1.84 bits per heavy atom. The number of methoxy groups -OCH3 is 1. The van der Waals surface area contributed by atoms with Crippen LogP contribution in [-0.2, 0) is 11.3 Å². The van der Waals surface area contributed by atoms with Gasteiger partial charge >= 0.3 is 0 Å². The molecule has 1 fully saturated rings. The van der Waals surface area contributed by atoms with E-state index >= 15 is 0 Å². The fourth-order valence-electron chi connectivity index (χ4n) is 3.03. The summed E-state index contributed by atoms with van der Waals surface area (Å²) in [5.41, 5.74) is 1.20. The van der Waals surface area contributed by atoms with Crippen LogP contribution in [0.4, 0.5) is 14.5 Å². The van der Waals surface area contributed by atoms with Gasteiger partial charge in [0.25, 0.3) is 0 Å². The normalized spacial score (nSPS) is 18.5. The number of hydrogen-bond donors (Lipinski definition) is 0.